The predicted octanol–water partition coefficient (Wildman–Crippen LogP) is 2.87. The van der Waals surface area contributed by atoms with Crippen LogP contribution < -0.4 is 5.32 Å². The molecule has 0 aliphatic carbocycles. The Labute approximate surface area is 105 Å². The zero-order valence-corrected chi connectivity index (χ0v) is 10.4. The highest BCUT2D eigenvalue weighted by molar-refractivity contribution is 5.29. The quantitative estimate of drug-likeness (QED) is 0.762. The molecule has 0 radical (unpaired) electrons. The van der Waals surface area contributed by atoms with Crippen LogP contribution in [0.25, 0.3) is 0 Å². The minimum Gasteiger partial charge on any atom is -0.383 e. The molecule has 5 heteroatoms. The molecular weight excluding hydrogens is 243 g/mol. The number of ether oxygens (including phenoxy) is 1. The molecule has 1 rings (SSSR count). The van der Waals surface area contributed by atoms with E-state index in [1.54, 1.807) is 13.2 Å². The van der Waals surface area contributed by atoms with Crippen LogP contribution in [-0.4, -0.2) is 26.8 Å². The third-order valence-corrected chi connectivity index (χ3v) is 2.61. The minimum absolute atomic E-state index is 0.360. The molecule has 0 aliphatic rings. The highest BCUT2D eigenvalue weighted by Gasteiger charge is 2.32. The number of nitrogens with one attached hydrogen (secondary N) is 1. The Kier molecular flexibility index (Phi) is 6.15. The van der Waals surface area contributed by atoms with Gasteiger partial charge in [0, 0.05) is 13.7 Å². The number of benzene rings is 1. The largest absolute Gasteiger partial charge is 0.416 e. The van der Waals surface area contributed by atoms with E-state index in [9.17, 15) is 13.2 Å². The number of methoxy groups -OCH3 is 1. The molecule has 102 valence electrons. The van der Waals surface area contributed by atoms with Crippen molar-refractivity contribution in [2.75, 3.05) is 26.8 Å². The van der Waals surface area contributed by atoms with Crippen molar-refractivity contribution >= 4 is 0 Å². The minimum atomic E-state index is -4.26. The molecule has 18 heavy (non-hydrogen) atoms. The van der Waals surface area contributed by atoms with Crippen LogP contribution in [0.2, 0.25) is 0 Å². The van der Waals surface area contributed by atoms with Crippen LogP contribution in [0.4, 0.5) is 13.2 Å². The average Bonchev–Trinajstić information content (AvgIpc) is 2.33. The van der Waals surface area contributed by atoms with E-state index in [0.717, 1.165) is 12.6 Å². The van der Waals surface area contributed by atoms with Crippen LogP contribution in [-0.2, 0) is 17.3 Å². The van der Waals surface area contributed by atoms with Crippen molar-refractivity contribution in [3.63, 3.8) is 0 Å². The molecule has 2 nitrogen and oxygen atoms in total. The van der Waals surface area contributed by atoms with Crippen molar-refractivity contribution < 1.29 is 17.9 Å². The van der Waals surface area contributed by atoms with Gasteiger partial charge >= 0.3 is 6.18 Å². The predicted molar refractivity (Wildman–Crippen MR) is 64.5 cm³/mol. The van der Waals surface area contributed by atoms with E-state index >= 15 is 0 Å². The maximum atomic E-state index is 12.7. The lowest BCUT2D eigenvalue weighted by molar-refractivity contribution is -0.138. The summed E-state index contributed by atoms with van der Waals surface area (Å²) in [5.74, 6) is 0. The monoisotopic (exact) mass is 261 g/mol. The Morgan fingerprint density at radius 1 is 1.17 bits per heavy atom. The topological polar surface area (TPSA) is 21.3 Å². The summed E-state index contributed by atoms with van der Waals surface area (Å²) < 4.78 is 42.9. The zero-order valence-electron chi connectivity index (χ0n) is 10.4. The smallest absolute Gasteiger partial charge is 0.383 e. The van der Waals surface area contributed by atoms with Gasteiger partial charge in [0.1, 0.15) is 0 Å². The lowest BCUT2D eigenvalue weighted by atomic mass is 10.0. The van der Waals surface area contributed by atoms with E-state index in [4.69, 9.17) is 4.74 Å². The van der Waals surface area contributed by atoms with Crippen molar-refractivity contribution in [1.29, 1.82) is 0 Å². The number of halogens is 3. The Bertz CT molecular complexity index is 352. The van der Waals surface area contributed by atoms with E-state index in [1.165, 1.54) is 12.1 Å². The number of rotatable bonds is 7. The molecule has 0 unspecified atom stereocenters. The van der Waals surface area contributed by atoms with Crippen LogP contribution >= 0.6 is 0 Å². The average molecular weight is 261 g/mol. The Morgan fingerprint density at radius 3 is 2.56 bits per heavy atom. The maximum Gasteiger partial charge on any atom is 0.416 e. The molecule has 0 aliphatic heterocycles. The normalized spacial score (nSPS) is 11.8. The zero-order chi connectivity index (χ0) is 13.4. The van der Waals surface area contributed by atoms with Gasteiger partial charge in [0.05, 0.1) is 12.2 Å². The van der Waals surface area contributed by atoms with Gasteiger partial charge in [0.15, 0.2) is 0 Å². The second kappa shape index (κ2) is 7.38. The van der Waals surface area contributed by atoms with Gasteiger partial charge < -0.3 is 10.1 Å². The highest BCUT2D eigenvalue weighted by atomic mass is 19.4. The molecule has 0 atom stereocenters. The van der Waals surface area contributed by atoms with Gasteiger partial charge in [-0.2, -0.15) is 13.2 Å². The first kappa shape index (κ1) is 15.0. The molecule has 0 bridgehead atoms. The van der Waals surface area contributed by atoms with Gasteiger partial charge in [-0.1, -0.05) is 18.2 Å². The van der Waals surface area contributed by atoms with Crippen molar-refractivity contribution in [3.05, 3.63) is 35.4 Å². The van der Waals surface area contributed by atoms with Crippen LogP contribution in [0.3, 0.4) is 0 Å². The summed E-state index contributed by atoms with van der Waals surface area (Å²) in [4.78, 5) is 0. The van der Waals surface area contributed by atoms with Crippen LogP contribution in [0.1, 0.15) is 17.5 Å². The molecule has 0 amide bonds. The lowest BCUT2D eigenvalue weighted by Crippen LogP contribution is -2.21. The number of hydrogen-bond donors (Lipinski definition) is 1. The lowest BCUT2D eigenvalue weighted by Gasteiger charge is -2.12. The first-order valence-electron chi connectivity index (χ1n) is 5.90. The summed E-state index contributed by atoms with van der Waals surface area (Å²) in [5.41, 5.74) is -0.166. The maximum absolute atomic E-state index is 12.7. The van der Waals surface area contributed by atoms with E-state index in [2.05, 4.69) is 5.32 Å². The molecule has 1 aromatic rings. The SMILES string of the molecule is COCCNCCCc1ccccc1C(F)(F)F. The van der Waals surface area contributed by atoms with Gasteiger partial charge in [0.2, 0.25) is 0 Å². The third kappa shape index (κ3) is 5.06. The number of aryl methyl sites for hydroxylation is 1. The molecule has 1 aromatic carbocycles. The summed E-state index contributed by atoms with van der Waals surface area (Å²) in [7, 11) is 1.61. The fraction of sp³-hybridized carbons (Fsp3) is 0.538. The first-order chi connectivity index (χ1) is 8.55. The van der Waals surface area contributed by atoms with Crippen LogP contribution in [0, 0.1) is 0 Å². The molecule has 1 N–H and O–H groups in total. The fourth-order valence-corrected chi connectivity index (χ4v) is 1.72. The van der Waals surface area contributed by atoms with Gasteiger partial charge in [0.25, 0.3) is 0 Å². The van der Waals surface area contributed by atoms with E-state index < -0.39 is 11.7 Å². The van der Waals surface area contributed by atoms with Crippen LogP contribution in [0.5, 0.6) is 0 Å². The summed E-state index contributed by atoms with van der Waals surface area (Å²) >= 11 is 0. The second-order valence-electron chi connectivity index (χ2n) is 4.00. The summed E-state index contributed by atoms with van der Waals surface area (Å²) in [6.45, 7) is 2.02. The Balaban J connectivity index is 2.43. The standard InChI is InChI=1S/C13H18F3NO/c1-18-10-9-17-8-4-6-11-5-2-3-7-12(11)13(14,15)16/h2-3,5,7,17H,4,6,8-10H2,1H3. The highest BCUT2D eigenvalue weighted by Crippen LogP contribution is 2.32. The van der Waals surface area contributed by atoms with Gasteiger partial charge in [-0.3, -0.25) is 0 Å². The molecule has 0 aromatic heterocycles. The van der Waals surface area contributed by atoms with E-state index in [-0.39, 0.29) is 0 Å². The number of alkyl halides is 3. The molecule has 0 fully saturated rings. The van der Waals surface area contributed by atoms with Crippen molar-refractivity contribution in [2.24, 2.45) is 0 Å². The Morgan fingerprint density at radius 2 is 1.89 bits per heavy atom. The van der Waals surface area contributed by atoms with E-state index in [0.29, 0.717) is 31.6 Å². The second-order valence-corrected chi connectivity index (χ2v) is 4.00. The van der Waals surface area contributed by atoms with Gasteiger partial charge in [-0.25, -0.2) is 0 Å². The van der Waals surface area contributed by atoms with Crippen molar-refractivity contribution in [2.45, 2.75) is 19.0 Å². The molecular formula is C13H18F3NO. The summed E-state index contributed by atoms with van der Waals surface area (Å²) in [6.07, 6.45) is -3.16. The molecule has 0 saturated heterocycles. The summed E-state index contributed by atoms with van der Waals surface area (Å²) in [5, 5.41) is 3.11. The third-order valence-electron chi connectivity index (χ3n) is 2.61. The van der Waals surface area contributed by atoms with Crippen molar-refractivity contribution in [1.82, 2.24) is 5.32 Å². The number of hydrogen-bond acceptors (Lipinski definition) is 2. The Hall–Kier alpha value is -1.07. The van der Waals surface area contributed by atoms with Gasteiger partial charge in [-0.05, 0) is 31.0 Å². The summed E-state index contributed by atoms with van der Waals surface area (Å²) in [6, 6.07) is 5.73. The van der Waals surface area contributed by atoms with Crippen LogP contribution in [0.15, 0.2) is 24.3 Å². The molecule has 0 saturated carbocycles. The van der Waals surface area contributed by atoms with E-state index in [1.807, 2.05) is 0 Å². The van der Waals surface area contributed by atoms with Gasteiger partial charge in [-0.15, -0.1) is 0 Å². The first-order valence-corrected chi connectivity index (χ1v) is 5.90. The molecule has 0 heterocycles. The molecule has 0 spiro atoms. The fourth-order valence-electron chi connectivity index (χ4n) is 1.72. The van der Waals surface area contributed by atoms with Crippen molar-refractivity contribution in [3.8, 4) is 0 Å².